The molecule has 3 rings (SSSR count). The molecule has 32 heavy (non-hydrogen) atoms. The number of rotatable bonds is 6. The number of nitrogens with two attached hydrogens (primary N) is 1. The van der Waals surface area contributed by atoms with E-state index in [1.54, 1.807) is 13.8 Å². The number of hydrogen-bond acceptors (Lipinski definition) is 7. The minimum atomic E-state index is -4.30. The molecule has 0 saturated heterocycles. The van der Waals surface area contributed by atoms with E-state index in [4.69, 9.17) is 10.3 Å². The third kappa shape index (κ3) is 6.36. The number of nitrogens with zero attached hydrogens (tertiary/aromatic N) is 2. The fourth-order valence-corrected chi connectivity index (χ4v) is 5.42. The van der Waals surface area contributed by atoms with Crippen LogP contribution >= 0.6 is 11.3 Å². The Morgan fingerprint density at radius 1 is 0.969 bits per heavy atom. The van der Waals surface area contributed by atoms with Crippen molar-refractivity contribution in [3.8, 4) is 11.3 Å². The standard InChI is InChI=1S/C11H12N2S.C10H15NO5S2/c1-7-3-4-8(2)9(5-7)10-6-14-11(12)13-10;1-3-11(4-2)17(12,13)9-5-7-10(8-6-9)18(14,15)16/h3-6H,1-2H3,(H2,12,13);5-8H,3-4H2,1-2H3,(H,14,15,16). The molecule has 174 valence electrons. The summed E-state index contributed by atoms with van der Waals surface area (Å²) in [5.74, 6) is 0. The maximum absolute atomic E-state index is 12.1. The van der Waals surface area contributed by atoms with Gasteiger partial charge in [-0.05, 0) is 49.7 Å². The first-order valence-electron chi connectivity index (χ1n) is 9.76. The lowest BCUT2D eigenvalue weighted by Gasteiger charge is -2.18. The second-order valence-corrected chi connectivity index (χ2v) is 11.2. The van der Waals surface area contributed by atoms with Crippen LogP contribution < -0.4 is 5.73 Å². The molecular formula is C21H27N3O5S3. The van der Waals surface area contributed by atoms with Gasteiger partial charge in [0.1, 0.15) is 0 Å². The average molecular weight is 498 g/mol. The Bertz CT molecular complexity index is 1260. The molecule has 0 bridgehead atoms. The van der Waals surface area contributed by atoms with Gasteiger partial charge in [0.2, 0.25) is 10.0 Å². The Balaban J connectivity index is 0.000000233. The Morgan fingerprint density at radius 2 is 1.53 bits per heavy atom. The maximum atomic E-state index is 12.1. The van der Waals surface area contributed by atoms with Gasteiger partial charge in [0.05, 0.1) is 15.5 Å². The highest BCUT2D eigenvalue weighted by Gasteiger charge is 2.22. The maximum Gasteiger partial charge on any atom is 0.294 e. The van der Waals surface area contributed by atoms with E-state index < -0.39 is 20.1 Å². The van der Waals surface area contributed by atoms with Crippen LogP contribution in [-0.2, 0) is 20.1 Å². The molecule has 0 aliphatic rings. The lowest BCUT2D eigenvalue weighted by molar-refractivity contribution is 0.445. The number of nitrogen functional groups attached to an aromatic ring is 1. The monoisotopic (exact) mass is 497 g/mol. The smallest absolute Gasteiger partial charge is 0.294 e. The Hall–Kier alpha value is -2.31. The van der Waals surface area contributed by atoms with Gasteiger partial charge in [0, 0.05) is 24.0 Å². The molecule has 11 heteroatoms. The molecule has 1 aromatic heterocycles. The van der Waals surface area contributed by atoms with Crippen LogP contribution in [0.3, 0.4) is 0 Å². The number of aryl methyl sites for hydroxylation is 2. The Morgan fingerprint density at radius 3 is 2.00 bits per heavy atom. The minimum Gasteiger partial charge on any atom is -0.375 e. The van der Waals surface area contributed by atoms with Gasteiger partial charge >= 0.3 is 0 Å². The Kier molecular flexibility index (Phi) is 8.54. The molecule has 3 aromatic rings. The zero-order valence-corrected chi connectivity index (χ0v) is 20.8. The summed E-state index contributed by atoms with van der Waals surface area (Å²) in [6.07, 6.45) is 0. The van der Waals surface area contributed by atoms with Gasteiger partial charge in [0.25, 0.3) is 10.1 Å². The van der Waals surface area contributed by atoms with Gasteiger partial charge < -0.3 is 5.73 Å². The number of thiazole rings is 1. The molecule has 1 heterocycles. The van der Waals surface area contributed by atoms with Gasteiger partial charge in [-0.2, -0.15) is 12.7 Å². The second kappa shape index (κ2) is 10.5. The number of hydrogen-bond donors (Lipinski definition) is 2. The first-order chi connectivity index (χ1) is 14.9. The highest BCUT2D eigenvalue weighted by atomic mass is 32.2. The van der Waals surface area contributed by atoms with Gasteiger partial charge in [-0.1, -0.05) is 31.5 Å². The molecule has 0 spiro atoms. The fourth-order valence-electron chi connectivity index (χ4n) is 2.92. The minimum absolute atomic E-state index is 0.00130. The van der Waals surface area contributed by atoms with E-state index in [1.165, 1.54) is 32.3 Å². The summed E-state index contributed by atoms with van der Waals surface area (Å²) in [5.41, 5.74) is 10.3. The highest BCUT2D eigenvalue weighted by Crippen LogP contribution is 2.26. The van der Waals surface area contributed by atoms with Crippen LogP contribution in [-0.4, -0.2) is 43.8 Å². The van der Waals surface area contributed by atoms with E-state index in [2.05, 4.69) is 37.0 Å². The highest BCUT2D eigenvalue weighted by molar-refractivity contribution is 7.89. The zero-order valence-electron chi connectivity index (χ0n) is 18.3. The lowest BCUT2D eigenvalue weighted by atomic mass is 10.0. The molecule has 0 radical (unpaired) electrons. The third-order valence-corrected chi connectivity index (χ3v) is 8.26. The Labute approximate surface area is 193 Å². The molecular weight excluding hydrogens is 470 g/mol. The largest absolute Gasteiger partial charge is 0.375 e. The van der Waals surface area contributed by atoms with Crippen LogP contribution in [0, 0.1) is 13.8 Å². The van der Waals surface area contributed by atoms with E-state index in [-0.39, 0.29) is 9.79 Å². The topological polar surface area (TPSA) is 131 Å². The summed E-state index contributed by atoms with van der Waals surface area (Å²) in [5, 5.41) is 2.62. The number of benzene rings is 2. The summed E-state index contributed by atoms with van der Waals surface area (Å²) in [6, 6.07) is 10.8. The number of anilines is 1. The van der Waals surface area contributed by atoms with Gasteiger partial charge in [-0.3, -0.25) is 4.55 Å². The van der Waals surface area contributed by atoms with Crippen LogP contribution in [0.2, 0.25) is 0 Å². The molecule has 0 aliphatic heterocycles. The number of aromatic nitrogens is 1. The summed E-state index contributed by atoms with van der Waals surface area (Å²) in [7, 11) is -7.91. The molecule has 3 N–H and O–H groups in total. The van der Waals surface area contributed by atoms with E-state index in [0.29, 0.717) is 18.2 Å². The third-order valence-electron chi connectivity index (χ3n) is 4.66. The van der Waals surface area contributed by atoms with Crippen molar-refractivity contribution in [3.63, 3.8) is 0 Å². The van der Waals surface area contributed by atoms with E-state index >= 15 is 0 Å². The molecule has 0 atom stereocenters. The lowest BCUT2D eigenvalue weighted by Crippen LogP contribution is -2.30. The van der Waals surface area contributed by atoms with Crippen LogP contribution in [0.4, 0.5) is 5.13 Å². The van der Waals surface area contributed by atoms with Crippen molar-refractivity contribution < 1.29 is 21.4 Å². The molecule has 0 fully saturated rings. The van der Waals surface area contributed by atoms with Crippen molar-refractivity contribution in [2.75, 3.05) is 18.8 Å². The van der Waals surface area contributed by atoms with Gasteiger partial charge in [-0.25, -0.2) is 13.4 Å². The van der Waals surface area contributed by atoms with Gasteiger partial charge in [0.15, 0.2) is 5.13 Å². The predicted molar refractivity (Wildman–Crippen MR) is 128 cm³/mol. The van der Waals surface area contributed by atoms with Crippen molar-refractivity contribution in [2.45, 2.75) is 37.5 Å². The predicted octanol–water partition coefficient (Wildman–Crippen LogP) is 3.97. The van der Waals surface area contributed by atoms with Crippen molar-refractivity contribution in [2.24, 2.45) is 0 Å². The number of sulfonamides is 1. The zero-order chi connectivity index (χ0) is 24.1. The van der Waals surface area contributed by atoms with Crippen molar-refractivity contribution in [3.05, 3.63) is 59.0 Å². The first-order valence-corrected chi connectivity index (χ1v) is 13.5. The van der Waals surface area contributed by atoms with Crippen molar-refractivity contribution >= 4 is 36.6 Å². The fraction of sp³-hybridized carbons (Fsp3) is 0.286. The summed E-state index contributed by atoms with van der Waals surface area (Å²) < 4.78 is 55.9. The molecule has 0 amide bonds. The van der Waals surface area contributed by atoms with E-state index in [9.17, 15) is 16.8 Å². The molecule has 0 aliphatic carbocycles. The summed E-state index contributed by atoms with van der Waals surface area (Å²) >= 11 is 1.48. The molecule has 0 saturated carbocycles. The first kappa shape index (κ1) is 25.9. The van der Waals surface area contributed by atoms with Crippen LogP contribution in [0.1, 0.15) is 25.0 Å². The van der Waals surface area contributed by atoms with Crippen LogP contribution in [0.5, 0.6) is 0 Å². The normalized spacial score (nSPS) is 11.8. The van der Waals surface area contributed by atoms with Crippen molar-refractivity contribution in [1.82, 2.24) is 9.29 Å². The van der Waals surface area contributed by atoms with Crippen molar-refractivity contribution in [1.29, 1.82) is 0 Å². The van der Waals surface area contributed by atoms with E-state index in [1.807, 2.05) is 5.38 Å². The van der Waals surface area contributed by atoms with E-state index in [0.717, 1.165) is 30.0 Å². The van der Waals surface area contributed by atoms with Gasteiger partial charge in [-0.15, -0.1) is 11.3 Å². The SMILES string of the molecule is CCN(CC)S(=O)(=O)c1ccc(S(=O)(=O)O)cc1.Cc1ccc(C)c(-c2csc(N)n2)c1. The second-order valence-electron chi connectivity index (χ2n) is 6.93. The summed E-state index contributed by atoms with van der Waals surface area (Å²) in [4.78, 5) is 3.95. The van der Waals surface area contributed by atoms with Crippen LogP contribution in [0.25, 0.3) is 11.3 Å². The quantitative estimate of drug-likeness (QED) is 0.493. The van der Waals surface area contributed by atoms with Crippen LogP contribution in [0.15, 0.2) is 57.6 Å². The molecule has 8 nitrogen and oxygen atoms in total. The molecule has 2 aromatic carbocycles. The average Bonchev–Trinajstić information content (AvgIpc) is 3.16. The molecule has 0 unspecified atom stereocenters. The summed E-state index contributed by atoms with van der Waals surface area (Å²) in [6.45, 7) is 8.27.